The second-order valence-corrected chi connectivity index (χ2v) is 29.6. The summed E-state index contributed by atoms with van der Waals surface area (Å²) in [6, 6.07) is 11.2. The predicted molar refractivity (Wildman–Crippen MR) is 326 cm³/mol. The molecule has 7 rings (SSSR count). The number of aliphatic hydroxyl groups is 2. The van der Waals surface area contributed by atoms with Crippen LogP contribution in [0.1, 0.15) is 49.3 Å². The number of amides is 2. The molecule has 0 aromatic carbocycles. The summed E-state index contributed by atoms with van der Waals surface area (Å²) in [6.07, 6.45) is 1.67. The van der Waals surface area contributed by atoms with E-state index < -0.39 is 98.1 Å². The zero-order chi connectivity index (χ0) is 63.4. The summed E-state index contributed by atoms with van der Waals surface area (Å²) in [6.45, 7) is -0.979. The number of anilines is 2. The molecule has 2 fully saturated rings. The van der Waals surface area contributed by atoms with E-state index in [4.69, 9.17) is 45.0 Å². The maximum atomic E-state index is 12.4. The first kappa shape index (κ1) is 80.1. The zero-order valence-electron chi connectivity index (χ0n) is 45.7. The molecule has 21 N–H and O–H groups in total. The van der Waals surface area contributed by atoms with Crippen molar-refractivity contribution < 1.29 is 125 Å². The Labute approximate surface area is 527 Å². The van der Waals surface area contributed by atoms with Crippen molar-refractivity contribution in [3.63, 3.8) is 0 Å². The van der Waals surface area contributed by atoms with Crippen LogP contribution in [0.2, 0.25) is 0 Å². The predicted octanol–water partition coefficient (Wildman–Crippen LogP) is 0.262. The van der Waals surface area contributed by atoms with Crippen LogP contribution in [-0.2, 0) is 63.6 Å². The summed E-state index contributed by atoms with van der Waals surface area (Å²) >= 11 is 0. The Bertz CT molecular complexity index is 3530. The fourth-order valence-corrected chi connectivity index (χ4v) is 15.7. The summed E-state index contributed by atoms with van der Waals surface area (Å²) in [5.74, 6) is 12.1. The lowest BCUT2D eigenvalue weighted by Gasteiger charge is -2.19. The van der Waals surface area contributed by atoms with Gasteiger partial charge in [0.05, 0.1) is 55.0 Å². The SMILES string of the molecule is Nc1nc(=O)n([C@H]2C[C@@H](O)[C@@H](COPOP(O)OP(=O)(O)O)O2)cc1C#CCNC(=O)CCSSc1ccccn1.Nc1ncnc2c1c(C#CCNC(=O)CCSSc1ccccn1)cn2[C@H]1C[C@@H](O)[C@@H](COP(=O)(O)OP(=O)(O)OP(=O)(O)O)O1.O.O.O. The third-order valence-electron chi connectivity index (χ3n) is 10.6. The third-order valence-corrected chi connectivity index (χ3v) is 21.6. The van der Waals surface area contributed by atoms with Gasteiger partial charge in [0.1, 0.15) is 58.3 Å². The lowest BCUT2D eigenvalue weighted by atomic mass is 10.2. The van der Waals surface area contributed by atoms with Gasteiger partial charge in [-0.2, -0.15) is 13.6 Å². The van der Waals surface area contributed by atoms with Crippen LogP contribution >= 0.6 is 92.1 Å². The zero-order valence-corrected chi connectivity index (χ0v) is 54.4. The van der Waals surface area contributed by atoms with Crippen LogP contribution in [0.15, 0.2) is 82.4 Å². The van der Waals surface area contributed by atoms with Crippen molar-refractivity contribution >= 4 is 127 Å². The molecule has 5 aromatic rings. The number of hydrogen-bond donors (Lipinski definition) is 13. The number of nitrogen functional groups attached to an aromatic ring is 2. The van der Waals surface area contributed by atoms with Crippen LogP contribution in [0.5, 0.6) is 0 Å². The molecule has 90 heavy (non-hydrogen) atoms. The molecule has 5 aromatic heterocycles. The minimum atomic E-state index is -5.71. The minimum absolute atomic E-state index is 0. The van der Waals surface area contributed by atoms with Crippen molar-refractivity contribution in [1.29, 1.82) is 0 Å². The van der Waals surface area contributed by atoms with Gasteiger partial charge in [0.2, 0.25) is 11.8 Å². The molecule has 0 radical (unpaired) electrons. The Balaban J connectivity index is 0.000000458. The van der Waals surface area contributed by atoms with Gasteiger partial charge in [-0.15, -0.1) is 0 Å². The van der Waals surface area contributed by atoms with Gasteiger partial charge in [-0.25, -0.2) is 47.3 Å². The fourth-order valence-electron chi connectivity index (χ4n) is 7.04. The van der Waals surface area contributed by atoms with E-state index in [1.165, 1.54) is 66.5 Å². The average Bonchev–Trinajstić information content (AvgIpc) is 1.64. The Morgan fingerprint density at radius 1 is 0.722 bits per heavy atom. The second kappa shape index (κ2) is 38.3. The lowest BCUT2D eigenvalue weighted by Crippen LogP contribution is -2.29. The van der Waals surface area contributed by atoms with Crippen molar-refractivity contribution in [2.75, 3.05) is 49.3 Å². The minimum Gasteiger partial charge on any atom is -0.412 e. The molecule has 2 aliphatic heterocycles. The average molecular weight is 1460 g/mol. The van der Waals surface area contributed by atoms with E-state index in [1.54, 1.807) is 12.4 Å². The molecule has 2 amide bonds. The number of aromatic nitrogens is 7. The highest BCUT2D eigenvalue weighted by molar-refractivity contribution is 8.77. The largest absolute Gasteiger partial charge is 0.490 e. The highest BCUT2D eigenvalue weighted by Crippen LogP contribution is 2.66. The van der Waals surface area contributed by atoms with Gasteiger partial charge in [-0.3, -0.25) is 23.0 Å². The maximum absolute atomic E-state index is 12.4. The first-order valence-electron chi connectivity index (χ1n) is 24.3. The normalized spacial score (nSPS) is 19.6. The van der Waals surface area contributed by atoms with Gasteiger partial charge in [0.15, 0.2) is 9.03 Å². The van der Waals surface area contributed by atoms with Crippen molar-refractivity contribution in [2.24, 2.45) is 0 Å². The van der Waals surface area contributed by atoms with Crippen LogP contribution in [-0.4, -0.2) is 169 Å². The number of nitrogens with zero attached hydrogens (tertiary/aromatic N) is 7. The first-order valence-corrected chi connectivity index (χ1v) is 36.9. The highest BCUT2D eigenvalue weighted by atomic mass is 33.1. The van der Waals surface area contributed by atoms with Gasteiger partial charge < -0.3 is 102 Å². The molecule has 48 heteroatoms. The number of nitrogens with two attached hydrogens (primary N) is 2. The van der Waals surface area contributed by atoms with E-state index in [0.29, 0.717) is 28.9 Å². The molecule has 38 nitrogen and oxygen atoms in total. The number of ether oxygens (including phenoxy) is 2. The molecule has 0 spiro atoms. The number of aliphatic hydroxyl groups excluding tert-OH is 2. The van der Waals surface area contributed by atoms with Crippen molar-refractivity contribution in [2.45, 2.75) is 72.6 Å². The highest BCUT2D eigenvalue weighted by Gasteiger charge is 2.43. The van der Waals surface area contributed by atoms with Crippen LogP contribution < -0.4 is 27.8 Å². The molecule has 0 saturated carbocycles. The van der Waals surface area contributed by atoms with Gasteiger partial charge in [-0.05, 0) is 45.9 Å². The Morgan fingerprint density at radius 3 is 1.79 bits per heavy atom. The van der Waals surface area contributed by atoms with Crippen LogP contribution in [0.4, 0.5) is 11.6 Å². The van der Waals surface area contributed by atoms with Crippen molar-refractivity contribution in [1.82, 2.24) is 44.7 Å². The number of rotatable bonds is 28. The molecular weight excluding hydrogens is 1400 g/mol. The monoisotopic (exact) mass is 1460 g/mol. The lowest BCUT2D eigenvalue weighted by molar-refractivity contribution is -0.121. The smallest absolute Gasteiger partial charge is 0.412 e. The summed E-state index contributed by atoms with van der Waals surface area (Å²) < 4.78 is 84.7. The molecule has 4 unspecified atom stereocenters. The van der Waals surface area contributed by atoms with Crippen LogP contribution in [0.25, 0.3) is 11.0 Å². The number of carbonyl (C=O) groups is 2. The molecule has 2 saturated heterocycles. The summed E-state index contributed by atoms with van der Waals surface area (Å²) in [5.41, 5.74) is 12.1. The second-order valence-electron chi connectivity index (χ2n) is 17.0. The molecule has 0 aliphatic carbocycles. The molecule has 7 heterocycles. The molecule has 10 atom stereocenters. The Kier molecular flexibility index (Phi) is 34.0. The van der Waals surface area contributed by atoms with E-state index in [0.717, 1.165) is 14.6 Å². The number of fused-ring (bicyclic) bond motifs is 1. The summed E-state index contributed by atoms with van der Waals surface area (Å²) in [7, 11) is -19.4. The molecule has 498 valence electrons. The fraction of sp³-hybridized carbons (Fsp3) is 0.381. The van der Waals surface area contributed by atoms with Crippen LogP contribution in [0.3, 0.4) is 0 Å². The van der Waals surface area contributed by atoms with E-state index in [2.05, 4.69) is 81.0 Å². The first-order chi connectivity index (χ1) is 41.1. The number of nitrogens with one attached hydrogen (secondary N) is 2. The molecular formula is C42H59N11O27P6S4. The Morgan fingerprint density at radius 2 is 1.26 bits per heavy atom. The van der Waals surface area contributed by atoms with E-state index in [1.807, 2.05) is 36.4 Å². The van der Waals surface area contributed by atoms with E-state index >= 15 is 0 Å². The number of phosphoric ester groups is 1. The Hall–Kier alpha value is -4.16. The van der Waals surface area contributed by atoms with Gasteiger partial charge in [0, 0.05) is 62.0 Å². The standard InChI is InChI=1S/C22H27N6O13P3S2.C20H26N5O11P3S2.3H2O/c23-21-20-14(4-3-8-24-17(30)6-9-45-46-18-5-1-2-7-25-18)11-28(22(20)27-13-26-21)19-10-15(29)16(39-19)12-38-43(34,35)41-44(36,37)40-42(31,32)33;21-19-13(4-3-8-22-16(27)6-9-40-41-17-5-1-2-7-23-17)11-25(20(28)24-19)18-10-14(26)15(34-18)12-33-37-35-38(29)36-39(30,31)32;;;/h1-2,5,7,11,13,15-16,19,29H,6,8-10,12H2,(H,24,30)(H,34,35)(H,36,37)(H2,23,26,27)(H2,31,32,33);1-2,5,7,11,14-15,18,26,29,37H,6,8-10,12H2,(H,22,27)(H2,21,24,28)(H2,30,31,32);3*1H2/t15-,16-,19-;14-,15-,18-,38?;;;/m11.../s1. The van der Waals surface area contributed by atoms with Crippen molar-refractivity contribution in [3.8, 4) is 23.7 Å². The molecule has 0 bridgehead atoms. The van der Waals surface area contributed by atoms with E-state index in [9.17, 15) is 57.5 Å². The number of carbonyl (C=O) groups excluding carboxylic acids is 2. The van der Waals surface area contributed by atoms with Crippen molar-refractivity contribution in [3.05, 3.63) is 89.1 Å². The third kappa shape index (κ3) is 27.8. The van der Waals surface area contributed by atoms with E-state index in [-0.39, 0.29) is 90.0 Å². The number of phosphoric acid groups is 4. The van der Waals surface area contributed by atoms with Gasteiger partial charge in [-0.1, -0.05) is 57.4 Å². The topological polar surface area (TPSA) is 620 Å². The number of hydrogen-bond acceptors (Lipinski definition) is 29. The quantitative estimate of drug-likeness (QED) is 0.0138. The van der Waals surface area contributed by atoms with Crippen LogP contribution in [0, 0.1) is 23.7 Å². The summed E-state index contributed by atoms with van der Waals surface area (Å²) in [4.78, 5) is 120. The maximum Gasteiger partial charge on any atom is 0.490 e. The van der Waals surface area contributed by atoms with Gasteiger partial charge >= 0.3 is 45.6 Å². The summed E-state index contributed by atoms with van der Waals surface area (Å²) in [5, 5.41) is 28.3. The molecule has 2 aliphatic rings. The van der Waals surface area contributed by atoms with Gasteiger partial charge in [0.25, 0.3) is 0 Å². The number of pyridine rings is 2.